The Balaban J connectivity index is 0.00000578. The summed E-state index contributed by atoms with van der Waals surface area (Å²) in [6.45, 7) is 3.04. The Morgan fingerprint density at radius 1 is 1.00 bits per heavy atom. The van der Waals surface area contributed by atoms with Crippen molar-refractivity contribution in [3.8, 4) is 11.8 Å². The summed E-state index contributed by atoms with van der Waals surface area (Å²) in [5, 5.41) is 17.0. The minimum absolute atomic E-state index is 0. The smallest absolute Gasteiger partial charge is 0.267 e. The molecule has 2 rings (SSSR count). The molecule has 182 valence electrons. The fourth-order valence-corrected chi connectivity index (χ4v) is 2.75. The standard InChI is InChI=1S/C24H29N5O4.CH4/c1-2-3-14-26-16-22(30)27-20-12-8-18(9-13-20)5-4-17-6-10-19(11-7-17)23(31)28-21(15-25)24(32)29-33;/h6-13,21,26,33H,2-3,14-16,25H2,1H3,(H,27,30)(H,28,31)(H,29,32);1H4/t21-;/m0./s1. The number of nitrogens with one attached hydrogen (secondary N) is 4. The molecule has 0 fully saturated rings. The molecule has 0 unspecified atom stereocenters. The number of nitrogens with two attached hydrogens (primary N) is 1. The Labute approximate surface area is 200 Å². The van der Waals surface area contributed by atoms with Gasteiger partial charge in [0.2, 0.25) is 5.91 Å². The first-order valence-corrected chi connectivity index (χ1v) is 10.6. The molecule has 3 amide bonds. The summed E-state index contributed by atoms with van der Waals surface area (Å²) in [6, 6.07) is 12.7. The lowest BCUT2D eigenvalue weighted by Crippen LogP contribution is -2.50. The molecular formula is C25H33N5O4. The van der Waals surface area contributed by atoms with Gasteiger partial charge >= 0.3 is 0 Å². The first-order valence-electron chi connectivity index (χ1n) is 10.6. The number of carbonyl (C=O) groups is 3. The highest BCUT2D eigenvalue weighted by atomic mass is 16.5. The maximum atomic E-state index is 12.2. The second kappa shape index (κ2) is 15.2. The number of rotatable bonds is 10. The summed E-state index contributed by atoms with van der Waals surface area (Å²) < 4.78 is 0. The van der Waals surface area contributed by atoms with E-state index >= 15 is 0 Å². The summed E-state index contributed by atoms with van der Waals surface area (Å²) in [7, 11) is 0. The van der Waals surface area contributed by atoms with Crippen molar-refractivity contribution >= 4 is 23.4 Å². The van der Waals surface area contributed by atoms with Crippen molar-refractivity contribution in [2.45, 2.75) is 33.2 Å². The number of unbranched alkanes of at least 4 members (excludes halogenated alkanes) is 1. The van der Waals surface area contributed by atoms with E-state index < -0.39 is 17.9 Å². The lowest BCUT2D eigenvalue weighted by molar-refractivity contribution is -0.130. The molecule has 9 heteroatoms. The van der Waals surface area contributed by atoms with Crippen LogP contribution in [0, 0.1) is 11.8 Å². The third-order valence-corrected chi connectivity index (χ3v) is 4.63. The van der Waals surface area contributed by atoms with Crippen LogP contribution >= 0.6 is 0 Å². The van der Waals surface area contributed by atoms with Crippen LogP contribution in [0.15, 0.2) is 48.5 Å². The highest BCUT2D eigenvalue weighted by molar-refractivity contribution is 5.97. The number of hydrogen-bond donors (Lipinski definition) is 6. The first kappa shape index (κ1) is 28.3. The molecule has 0 aliphatic carbocycles. The molecule has 0 saturated carbocycles. The number of benzene rings is 2. The number of hydroxylamine groups is 1. The molecule has 9 nitrogen and oxygen atoms in total. The van der Waals surface area contributed by atoms with Crippen molar-refractivity contribution < 1.29 is 19.6 Å². The van der Waals surface area contributed by atoms with E-state index in [2.05, 4.69) is 34.7 Å². The highest BCUT2D eigenvalue weighted by Crippen LogP contribution is 2.09. The Bertz CT molecular complexity index is 995. The number of hydrogen-bond acceptors (Lipinski definition) is 6. The van der Waals surface area contributed by atoms with Crippen LogP contribution < -0.4 is 27.2 Å². The summed E-state index contributed by atoms with van der Waals surface area (Å²) >= 11 is 0. The number of anilines is 1. The highest BCUT2D eigenvalue weighted by Gasteiger charge is 2.19. The van der Waals surface area contributed by atoms with Crippen molar-refractivity contribution in [2.24, 2.45) is 5.73 Å². The molecule has 0 heterocycles. The molecule has 0 aliphatic heterocycles. The van der Waals surface area contributed by atoms with Gasteiger partial charge in [0.1, 0.15) is 6.04 Å². The fraction of sp³-hybridized carbons (Fsp3) is 0.320. The normalized spacial score (nSPS) is 10.7. The minimum atomic E-state index is -1.04. The van der Waals surface area contributed by atoms with Crippen LogP contribution in [0.2, 0.25) is 0 Å². The van der Waals surface area contributed by atoms with E-state index in [1.807, 2.05) is 12.1 Å². The van der Waals surface area contributed by atoms with E-state index in [4.69, 9.17) is 10.9 Å². The number of carbonyl (C=O) groups excluding carboxylic acids is 3. The van der Waals surface area contributed by atoms with E-state index in [0.717, 1.165) is 24.9 Å². The molecule has 0 aliphatic rings. The van der Waals surface area contributed by atoms with Crippen LogP contribution in [0.4, 0.5) is 5.69 Å². The summed E-state index contributed by atoms with van der Waals surface area (Å²) in [6.07, 6.45) is 2.12. The summed E-state index contributed by atoms with van der Waals surface area (Å²) in [5.74, 6) is 4.66. The van der Waals surface area contributed by atoms with E-state index in [9.17, 15) is 14.4 Å². The van der Waals surface area contributed by atoms with E-state index in [1.165, 1.54) is 5.48 Å². The SMILES string of the molecule is C.CCCCNCC(=O)Nc1ccc(C#Cc2ccc(C(=O)N[C@@H](CN)C(=O)NO)cc2)cc1. The Morgan fingerprint density at radius 3 is 2.12 bits per heavy atom. The fourth-order valence-electron chi connectivity index (χ4n) is 2.75. The third kappa shape index (κ3) is 9.42. The minimum Gasteiger partial charge on any atom is -0.339 e. The molecule has 0 radical (unpaired) electrons. The summed E-state index contributed by atoms with van der Waals surface area (Å²) in [4.78, 5) is 35.6. The molecule has 2 aromatic rings. The van der Waals surface area contributed by atoms with E-state index in [0.29, 0.717) is 16.8 Å². The molecule has 7 N–H and O–H groups in total. The van der Waals surface area contributed by atoms with Gasteiger partial charge in [-0.3, -0.25) is 19.6 Å². The lowest BCUT2D eigenvalue weighted by Gasteiger charge is -2.14. The van der Waals surface area contributed by atoms with Crippen molar-refractivity contribution in [3.63, 3.8) is 0 Å². The van der Waals surface area contributed by atoms with Crippen LogP contribution in [0.3, 0.4) is 0 Å². The van der Waals surface area contributed by atoms with Gasteiger partial charge in [-0.15, -0.1) is 0 Å². The molecular weight excluding hydrogens is 434 g/mol. The predicted octanol–water partition coefficient (Wildman–Crippen LogP) is 1.61. The van der Waals surface area contributed by atoms with Gasteiger partial charge in [0.25, 0.3) is 11.8 Å². The van der Waals surface area contributed by atoms with E-state index in [1.54, 1.807) is 36.4 Å². The molecule has 0 aromatic heterocycles. The molecule has 1 atom stereocenters. The van der Waals surface area contributed by atoms with Crippen LogP contribution in [-0.4, -0.2) is 48.6 Å². The maximum absolute atomic E-state index is 12.2. The van der Waals surface area contributed by atoms with Gasteiger partial charge in [-0.1, -0.05) is 32.6 Å². The van der Waals surface area contributed by atoms with Gasteiger partial charge in [0.15, 0.2) is 0 Å². The Kier molecular flexibility index (Phi) is 12.6. The molecule has 0 saturated heterocycles. The third-order valence-electron chi connectivity index (χ3n) is 4.63. The zero-order valence-electron chi connectivity index (χ0n) is 18.5. The quantitative estimate of drug-likeness (QED) is 0.135. The Morgan fingerprint density at radius 2 is 1.59 bits per heavy atom. The second-order valence-electron chi connectivity index (χ2n) is 7.22. The van der Waals surface area contributed by atoms with Crippen LogP contribution in [-0.2, 0) is 9.59 Å². The van der Waals surface area contributed by atoms with Crippen molar-refractivity contribution in [2.75, 3.05) is 25.0 Å². The van der Waals surface area contributed by atoms with Crippen LogP contribution in [0.1, 0.15) is 48.7 Å². The topological polar surface area (TPSA) is 146 Å². The van der Waals surface area contributed by atoms with Crippen molar-refractivity contribution in [1.29, 1.82) is 0 Å². The van der Waals surface area contributed by atoms with Crippen molar-refractivity contribution in [3.05, 3.63) is 65.2 Å². The van der Waals surface area contributed by atoms with Gasteiger partial charge in [-0.25, -0.2) is 5.48 Å². The van der Waals surface area contributed by atoms with E-state index in [-0.39, 0.29) is 26.4 Å². The zero-order chi connectivity index (χ0) is 24.1. The molecule has 0 bridgehead atoms. The average molecular weight is 468 g/mol. The number of amides is 3. The van der Waals surface area contributed by atoms with Crippen LogP contribution in [0.25, 0.3) is 0 Å². The monoisotopic (exact) mass is 467 g/mol. The van der Waals surface area contributed by atoms with Gasteiger partial charge in [0, 0.05) is 28.9 Å². The van der Waals surface area contributed by atoms with Gasteiger partial charge < -0.3 is 21.7 Å². The molecule has 2 aromatic carbocycles. The Hall–Kier alpha value is -3.71. The lowest BCUT2D eigenvalue weighted by atomic mass is 10.1. The van der Waals surface area contributed by atoms with Gasteiger partial charge in [0.05, 0.1) is 6.54 Å². The maximum Gasteiger partial charge on any atom is 0.267 e. The average Bonchev–Trinajstić information content (AvgIpc) is 2.84. The second-order valence-corrected chi connectivity index (χ2v) is 7.22. The van der Waals surface area contributed by atoms with Gasteiger partial charge in [-0.2, -0.15) is 0 Å². The van der Waals surface area contributed by atoms with Crippen LogP contribution in [0.5, 0.6) is 0 Å². The summed E-state index contributed by atoms with van der Waals surface area (Å²) in [5.41, 5.74) is 9.39. The van der Waals surface area contributed by atoms with Gasteiger partial charge in [-0.05, 0) is 61.5 Å². The molecule has 34 heavy (non-hydrogen) atoms. The zero-order valence-corrected chi connectivity index (χ0v) is 18.5. The largest absolute Gasteiger partial charge is 0.339 e. The first-order chi connectivity index (χ1) is 16.0. The predicted molar refractivity (Wildman–Crippen MR) is 132 cm³/mol. The molecule has 0 spiro atoms. The van der Waals surface area contributed by atoms with Crippen molar-refractivity contribution in [1.82, 2.24) is 16.1 Å².